The maximum atomic E-state index is 13.5. The van der Waals surface area contributed by atoms with Crippen molar-refractivity contribution in [2.24, 2.45) is 0 Å². The zero-order valence-corrected chi connectivity index (χ0v) is 21.0. The van der Waals surface area contributed by atoms with Crippen molar-refractivity contribution in [3.8, 4) is 28.4 Å². The molecule has 178 valence electrons. The molecule has 0 radical (unpaired) electrons. The quantitative estimate of drug-likeness (QED) is 0.493. The third kappa shape index (κ3) is 3.76. The molecule has 0 unspecified atom stereocenters. The van der Waals surface area contributed by atoms with Gasteiger partial charge in [-0.15, -0.1) is 0 Å². The van der Waals surface area contributed by atoms with Crippen molar-refractivity contribution < 1.29 is 19.0 Å². The van der Waals surface area contributed by atoms with Crippen LogP contribution in [-0.4, -0.2) is 46.9 Å². The normalized spacial score (nSPS) is 14.9. The maximum Gasteiger partial charge on any atom is 0.274 e. The van der Waals surface area contributed by atoms with E-state index in [1.165, 1.54) is 0 Å². The number of allylic oxidation sites excluding steroid dienone is 1. The molecule has 0 atom stereocenters. The molecule has 4 heterocycles. The zero-order chi connectivity index (χ0) is 24.0. The Morgan fingerprint density at radius 2 is 2.06 bits per heavy atom. The van der Waals surface area contributed by atoms with Crippen LogP contribution < -0.4 is 9.47 Å². The summed E-state index contributed by atoms with van der Waals surface area (Å²) in [6.07, 6.45) is 4.06. The summed E-state index contributed by atoms with van der Waals surface area (Å²) in [5.74, 6) is 2.07. The number of thiophene rings is 1. The molecule has 0 N–H and O–H groups in total. The van der Waals surface area contributed by atoms with Crippen molar-refractivity contribution in [2.75, 3.05) is 20.8 Å². The molecule has 1 amide bonds. The van der Waals surface area contributed by atoms with Crippen LogP contribution in [0, 0.1) is 0 Å². The number of amides is 1. The Balaban J connectivity index is 1.72. The molecule has 2 aromatic heterocycles. The molecule has 0 spiro atoms. The summed E-state index contributed by atoms with van der Waals surface area (Å²) in [6.45, 7) is 6.96. The number of benzene rings is 1. The predicted molar refractivity (Wildman–Crippen MR) is 133 cm³/mol. The first-order valence-electron chi connectivity index (χ1n) is 11.4. The maximum absolute atomic E-state index is 13.5. The topological polar surface area (TPSA) is 65.8 Å². The van der Waals surface area contributed by atoms with Gasteiger partial charge >= 0.3 is 0 Å². The van der Waals surface area contributed by atoms with Gasteiger partial charge in [-0.05, 0) is 57.2 Å². The third-order valence-electron chi connectivity index (χ3n) is 6.38. The molecule has 1 aromatic carbocycles. The number of carbonyl (C=O) groups excluding carboxylic acids is 1. The second kappa shape index (κ2) is 8.51. The van der Waals surface area contributed by atoms with E-state index in [9.17, 15) is 4.79 Å². The Labute approximate surface area is 203 Å². The first-order chi connectivity index (χ1) is 16.3. The number of nitrogens with zero attached hydrogens (tertiary/aromatic N) is 3. The van der Waals surface area contributed by atoms with Crippen LogP contribution in [0.25, 0.3) is 22.7 Å². The minimum absolute atomic E-state index is 0.128. The van der Waals surface area contributed by atoms with E-state index in [1.54, 1.807) is 23.3 Å². The molecule has 0 aliphatic carbocycles. The lowest BCUT2D eigenvalue weighted by Gasteiger charge is -2.31. The van der Waals surface area contributed by atoms with Crippen molar-refractivity contribution in [1.82, 2.24) is 14.7 Å². The number of carbonyl (C=O) groups is 1. The Bertz CT molecular complexity index is 1270. The van der Waals surface area contributed by atoms with E-state index in [0.29, 0.717) is 23.8 Å². The minimum Gasteiger partial charge on any atom is -0.496 e. The molecule has 5 rings (SSSR count). The van der Waals surface area contributed by atoms with Crippen LogP contribution in [0.1, 0.15) is 55.2 Å². The summed E-state index contributed by atoms with van der Waals surface area (Å²) < 4.78 is 19.7. The lowest BCUT2D eigenvalue weighted by molar-refractivity contribution is 0.0646. The van der Waals surface area contributed by atoms with Crippen molar-refractivity contribution in [3.05, 3.63) is 51.9 Å². The highest BCUT2D eigenvalue weighted by Crippen LogP contribution is 2.45. The smallest absolute Gasteiger partial charge is 0.274 e. The lowest BCUT2D eigenvalue weighted by Crippen LogP contribution is -2.43. The molecule has 0 bridgehead atoms. The molecule has 2 aliphatic rings. The van der Waals surface area contributed by atoms with Gasteiger partial charge in [-0.3, -0.25) is 4.79 Å². The van der Waals surface area contributed by atoms with Gasteiger partial charge in [0.25, 0.3) is 5.91 Å². The second-order valence-electron chi connectivity index (χ2n) is 9.50. The Morgan fingerprint density at radius 1 is 1.24 bits per heavy atom. The van der Waals surface area contributed by atoms with Crippen LogP contribution in [-0.2, 0) is 11.3 Å². The van der Waals surface area contributed by atoms with Gasteiger partial charge in [0.1, 0.15) is 23.9 Å². The van der Waals surface area contributed by atoms with Gasteiger partial charge in [0, 0.05) is 35.2 Å². The fourth-order valence-corrected chi connectivity index (χ4v) is 4.80. The van der Waals surface area contributed by atoms with E-state index >= 15 is 0 Å². The molecule has 0 saturated heterocycles. The van der Waals surface area contributed by atoms with E-state index in [0.717, 1.165) is 46.7 Å². The van der Waals surface area contributed by atoms with Crippen LogP contribution in [0.2, 0.25) is 0 Å². The Hall–Kier alpha value is -3.26. The van der Waals surface area contributed by atoms with Gasteiger partial charge in [-0.2, -0.15) is 16.4 Å². The average molecular weight is 480 g/mol. The molecule has 7 nitrogen and oxygen atoms in total. The number of rotatable bonds is 4. The Kier molecular flexibility index (Phi) is 5.64. The van der Waals surface area contributed by atoms with Crippen molar-refractivity contribution in [3.63, 3.8) is 0 Å². The van der Waals surface area contributed by atoms with Crippen molar-refractivity contribution in [1.29, 1.82) is 0 Å². The highest BCUT2D eigenvalue weighted by atomic mass is 32.1. The average Bonchev–Trinajstić information content (AvgIpc) is 3.50. The van der Waals surface area contributed by atoms with E-state index in [4.69, 9.17) is 19.3 Å². The number of hydrogen-bond acceptors (Lipinski definition) is 6. The van der Waals surface area contributed by atoms with Gasteiger partial charge < -0.3 is 19.1 Å². The standard InChI is InChI=1S/C26H29N3O4S/c1-26(2,3)28(4)25(30)23-19-14-33-22-13-21(31-5)17(20-8-6-7-10-32-20)12-18(22)24(19)29(27-23)16-9-11-34-15-16/h8-9,11-13,15H,6-7,10,14H2,1-5H3. The monoisotopic (exact) mass is 479 g/mol. The summed E-state index contributed by atoms with van der Waals surface area (Å²) in [4.78, 5) is 15.2. The predicted octanol–water partition coefficient (Wildman–Crippen LogP) is 5.52. The number of ether oxygens (including phenoxy) is 3. The summed E-state index contributed by atoms with van der Waals surface area (Å²) in [5.41, 5.74) is 4.37. The lowest BCUT2D eigenvalue weighted by atomic mass is 9.97. The molecule has 2 aliphatic heterocycles. The van der Waals surface area contributed by atoms with Crippen LogP contribution >= 0.6 is 11.3 Å². The zero-order valence-electron chi connectivity index (χ0n) is 20.2. The van der Waals surface area contributed by atoms with Gasteiger partial charge in [-0.25, -0.2) is 4.68 Å². The SMILES string of the molecule is COc1cc2c(cc1C1=CCCCO1)-c1c(c(C(=O)N(C)C(C)(C)C)nn1-c1ccsc1)CO2. The number of hydrogen-bond donors (Lipinski definition) is 0. The van der Waals surface area contributed by atoms with Crippen LogP contribution in [0.5, 0.6) is 11.5 Å². The van der Waals surface area contributed by atoms with E-state index in [2.05, 4.69) is 6.08 Å². The van der Waals surface area contributed by atoms with E-state index in [1.807, 2.05) is 61.5 Å². The first-order valence-corrected chi connectivity index (χ1v) is 12.3. The van der Waals surface area contributed by atoms with Gasteiger partial charge in [0.2, 0.25) is 0 Å². The summed E-state index contributed by atoms with van der Waals surface area (Å²) in [7, 11) is 3.46. The molecular formula is C26H29N3O4S. The molecule has 0 fully saturated rings. The molecule has 8 heteroatoms. The highest BCUT2D eigenvalue weighted by molar-refractivity contribution is 7.08. The highest BCUT2D eigenvalue weighted by Gasteiger charge is 2.35. The van der Waals surface area contributed by atoms with Crippen LogP contribution in [0.3, 0.4) is 0 Å². The summed E-state index contributed by atoms with van der Waals surface area (Å²) in [5, 5.41) is 8.86. The fraction of sp³-hybridized carbons (Fsp3) is 0.385. The number of fused-ring (bicyclic) bond motifs is 3. The third-order valence-corrected chi connectivity index (χ3v) is 7.05. The van der Waals surface area contributed by atoms with Gasteiger partial charge in [-0.1, -0.05) is 0 Å². The van der Waals surface area contributed by atoms with Gasteiger partial charge in [0.05, 0.1) is 30.7 Å². The summed E-state index contributed by atoms with van der Waals surface area (Å²) in [6, 6.07) is 5.95. The van der Waals surface area contributed by atoms with Gasteiger partial charge in [0.15, 0.2) is 5.69 Å². The van der Waals surface area contributed by atoms with Crippen LogP contribution in [0.4, 0.5) is 0 Å². The van der Waals surface area contributed by atoms with E-state index in [-0.39, 0.29) is 18.1 Å². The first kappa shape index (κ1) is 22.5. The van der Waals surface area contributed by atoms with Crippen LogP contribution in [0.15, 0.2) is 35.0 Å². The number of methoxy groups -OCH3 is 1. The second-order valence-corrected chi connectivity index (χ2v) is 10.3. The molecule has 34 heavy (non-hydrogen) atoms. The molecule has 0 saturated carbocycles. The molecule has 3 aromatic rings. The number of aromatic nitrogens is 2. The largest absolute Gasteiger partial charge is 0.496 e. The minimum atomic E-state index is -0.338. The molecular weight excluding hydrogens is 450 g/mol. The summed E-state index contributed by atoms with van der Waals surface area (Å²) >= 11 is 1.59. The van der Waals surface area contributed by atoms with Crippen molar-refractivity contribution >= 4 is 23.0 Å². The van der Waals surface area contributed by atoms with Crippen molar-refractivity contribution in [2.45, 2.75) is 45.8 Å². The Morgan fingerprint density at radius 3 is 2.71 bits per heavy atom. The fourth-order valence-electron chi connectivity index (χ4n) is 4.19. The van der Waals surface area contributed by atoms with E-state index < -0.39 is 0 Å².